The van der Waals surface area contributed by atoms with Gasteiger partial charge in [0.25, 0.3) is 0 Å². The first-order chi connectivity index (χ1) is 10.5. The van der Waals surface area contributed by atoms with Gasteiger partial charge in [0, 0.05) is 6.61 Å². The van der Waals surface area contributed by atoms with Crippen LogP contribution in [0.15, 0.2) is 12.1 Å². The zero-order chi connectivity index (χ0) is 15.7. The first-order valence-corrected chi connectivity index (χ1v) is 8.44. The lowest BCUT2D eigenvalue weighted by atomic mass is 9.83. The highest BCUT2D eigenvalue weighted by Crippen LogP contribution is 2.49. The molecule has 0 aromatic heterocycles. The van der Waals surface area contributed by atoms with Crippen molar-refractivity contribution in [2.24, 2.45) is 5.92 Å². The van der Waals surface area contributed by atoms with Gasteiger partial charge in [0.05, 0.1) is 18.3 Å². The Morgan fingerprint density at radius 3 is 2.59 bits per heavy atom. The highest BCUT2D eigenvalue weighted by Gasteiger charge is 2.55. The van der Waals surface area contributed by atoms with Crippen LogP contribution < -0.4 is 4.74 Å². The molecule has 1 saturated heterocycles. The molecule has 2 fully saturated rings. The lowest BCUT2D eigenvalue weighted by Gasteiger charge is -2.22. The van der Waals surface area contributed by atoms with E-state index in [1.54, 1.807) is 0 Å². The van der Waals surface area contributed by atoms with E-state index in [0.29, 0.717) is 25.2 Å². The maximum absolute atomic E-state index is 5.91. The Bertz CT molecular complexity index is 516. The van der Waals surface area contributed by atoms with E-state index in [1.165, 1.54) is 29.5 Å². The van der Waals surface area contributed by atoms with Gasteiger partial charge in [-0.15, -0.1) is 0 Å². The fourth-order valence-electron chi connectivity index (χ4n) is 3.72. The second kappa shape index (κ2) is 6.21. The number of benzene rings is 1. The van der Waals surface area contributed by atoms with E-state index >= 15 is 0 Å². The normalized spacial score (nSPS) is 30.0. The maximum atomic E-state index is 5.91. The van der Waals surface area contributed by atoms with Gasteiger partial charge in [-0.3, -0.25) is 0 Å². The SMILES string of the molecule is Cc1cc(C)c(OCCOCC2CCC3(C)OC3C2)c(C)c1. The fourth-order valence-corrected chi connectivity index (χ4v) is 3.72. The number of aryl methyl sites for hydroxylation is 3. The van der Waals surface area contributed by atoms with Crippen LogP contribution in [0.5, 0.6) is 5.75 Å². The van der Waals surface area contributed by atoms with Crippen molar-refractivity contribution in [3.63, 3.8) is 0 Å². The Hall–Kier alpha value is -1.06. The van der Waals surface area contributed by atoms with E-state index in [-0.39, 0.29) is 5.60 Å². The van der Waals surface area contributed by atoms with Crippen LogP contribution in [0.2, 0.25) is 0 Å². The molecule has 3 nitrogen and oxygen atoms in total. The maximum Gasteiger partial charge on any atom is 0.125 e. The molecule has 22 heavy (non-hydrogen) atoms. The molecule has 0 bridgehead atoms. The van der Waals surface area contributed by atoms with Crippen molar-refractivity contribution in [2.45, 2.75) is 58.7 Å². The van der Waals surface area contributed by atoms with Crippen molar-refractivity contribution in [1.29, 1.82) is 0 Å². The van der Waals surface area contributed by atoms with Gasteiger partial charge in [-0.05, 0) is 64.0 Å². The molecule has 3 atom stereocenters. The summed E-state index contributed by atoms with van der Waals surface area (Å²) in [5.74, 6) is 1.66. The topological polar surface area (TPSA) is 31.0 Å². The van der Waals surface area contributed by atoms with Gasteiger partial charge in [-0.1, -0.05) is 17.7 Å². The van der Waals surface area contributed by atoms with Crippen LogP contribution in [0.3, 0.4) is 0 Å². The van der Waals surface area contributed by atoms with Crippen molar-refractivity contribution < 1.29 is 14.2 Å². The lowest BCUT2D eigenvalue weighted by molar-refractivity contribution is 0.0639. The summed E-state index contributed by atoms with van der Waals surface area (Å²) in [7, 11) is 0. The van der Waals surface area contributed by atoms with Gasteiger partial charge >= 0.3 is 0 Å². The third kappa shape index (κ3) is 3.47. The predicted molar refractivity (Wildman–Crippen MR) is 87.6 cm³/mol. The summed E-state index contributed by atoms with van der Waals surface area (Å²) in [5, 5.41) is 0. The monoisotopic (exact) mass is 304 g/mol. The van der Waals surface area contributed by atoms with Gasteiger partial charge in [0.15, 0.2) is 0 Å². The third-order valence-corrected chi connectivity index (χ3v) is 5.06. The minimum atomic E-state index is 0.208. The molecule has 1 aliphatic heterocycles. The molecule has 1 saturated carbocycles. The molecule has 3 rings (SSSR count). The number of epoxide rings is 1. The van der Waals surface area contributed by atoms with Crippen LogP contribution in [-0.4, -0.2) is 31.5 Å². The van der Waals surface area contributed by atoms with Crippen molar-refractivity contribution >= 4 is 0 Å². The molecule has 3 unspecified atom stereocenters. The first-order valence-electron chi connectivity index (χ1n) is 8.44. The first kappa shape index (κ1) is 15.8. The van der Waals surface area contributed by atoms with E-state index in [0.717, 1.165) is 18.8 Å². The van der Waals surface area contributed by atoms with Crippen molar-refractivity contribution in [3.8, 4) is 5.75 Å². The van der Waals surface area contributed by atoms with Crippen molar-refractivity contribution in [3.05, 3.63) is 28.8 Å². The molecular weight excluding hydrogens is 276 g/mol. The molecule has 1 heterocycles. The Balaban J connectivity index is 1.36. The van der Waals surface area contributed by atoms with Crippen molar-refractivity contribution in [2.75, 3.05) is 19.8 Å². The Kier molecular flexibility index (Phi) is 4.47. The van der Waals surface area contributed by atoms with Gasteiger partial charge in [-0.2, -0.15) is 0 Å². The summed E-state index contributed by atoms with van der Waals surface area (Å²) in [5.41, 5.74) is 3.90. The minimum absolute atomic E-state index is 0.208. The molecular formula is C19H28O3. The second-order valence-corrected chi connectivity index (χ2v) is 7.21. The van der Waals surface area contributed by atoms with E-state index in [1.807, 2.05) is 0 Å². The number of hydrogen-bond donors (Lipinski definition) is 0. The molecule has 2 aliphatic rings. The summed E-state index contributed by atoms with van der Waals surface area (Å²) >= 11 is 0. The van der Waals surface area contributed by atoms with E-state index < -0.39 is 0 Å². The Morgan fingerprint density at radius 1 is 1.18 bits per heavy atom. The summed E-state index contributed by atoms with van der Waals surface area (Å²) in [6, 6.07) is 4.33. The largest absolute Gasteiger partial charge is 0.491 e. The number of hydrogen-bond acceptors (Lipinski definition) is 3. The highest BCUT2D eigenvalue weighted by molar-refractivity contribution is 5.42. The van der Waals surface area contributed by atoms with Crippen LogP contribution in [0.1, 0.15) is 42.9 Å². The summed E-state index contributed by atoms with van der Waals surface area (Å²) < 4.78 is 17.5. The van der Waals surface area contributed by atoms with Gasteiger partial charge in [0.1, 0.15) is 12.4 Å². The smallest absolute Gasteiger partial charge is 0.125 e. The van der Waals surface area contributed by atoms with Crippen LogP contribution in [-0.2, 0) is 9.47 Å². The van der Waals surface area contributed by atoms with E-state index in [4.69, 9.17) is 14.2 Å². The lowest BCUT2D eigenvalue weighted by Crippen LogP contribution is -2.24. The highest BCUT2D eigenvalue weighted by atomic mass is 16.6. The third-order valence-electron chi connectivity index (χ3n) is 5.06. The average Bonchev–Trinajstić information content (AvgIpc) is 3.11. The molecule has 0 radical (unpaired) electrons. The quantitative estimate of drug-likeness (QED) is 0.588. The average molecular weight is 304 g/mol. The van der Waals surface area contributed by atoms with Gasteiger partial charge in [0.2, 0.25) is 0 Å². The van der Waals surface area contributed by atoms with Gasteiger partial charge in [-0.25, -0.2) is 0 Å². The zero-order valence-corrected chi connectivity index (χ0v) is 14.3. The summed E-state index contributed by atoms with van der Waals surface area (Å²) in [6.45, 7) is 10.7. The summed E-state index contributed by atoms with van der Waals surface area (Å²) in [4.78, 5) is 0. The number of fused-ring (bicyclic) bond motifs is 1. The van der Waals surface area contributed by atoms with Crippen LogP contribution in [0.4, 0.5) is 0 Å². The van der Waals surface area contributed by atoms with Crippen LogP contribution in [0, 0.1) is 26.7 Å². The molecule has 1 aliphatic carbocycles. The fraction of sp³-hybridized carbons (Fsp3) is 0.684. The number of rotatable bonds is 6. The molecule has 122 valence electrons. The van der Waals surface area contributed by atoms with Crippen LogP contribution in [0.25, 0.3) is 0 Å². The molecule has 0 spiro atoms. The summed E-state index contributed by atoms with van der Waals surface area (Å²) in [6.07, 6.45) is 4.06. The van der Waals surface area contributed by atoms with Crippen LogP contribution >= 0.6 is 0 Å². The molecule has 1 aromatic carbocycles. The van der Waals surface area contributed by atoms with E-state index in [9.17, 15) is 0 Å². The van der Waals surface area contributed by atoms with Gasteiger partial charge < -0.3 is 14.2 Å². The standard InChI is InChI=1S/C19H28O3/c1-13-9-14(2)18(15(3)10-13)21-8-7-20-12-16-5-6-19(4)17(11-16)22-19/h9-10,16-17H,5-8,11-12H2,1-4H3. The molecule has 1 aromatic rings. The zero-order valence-electron chi connectivity index (χ0n) is 14.3. The Labute approximate surface area is 134 Å². The second-order valence-electron chi connectivity index (χ2n) is 7.21. The Morgan fingerprint density at radius 2 is 1.91 bits per heavy atom. The molecule has 3 heteroatoms. The minimum Gasteiger partial charge on any atom is -0.491 e. The molecule has 0 N–H and O–H groups in total. The predicted octanol–water partition coefficient (Wildman–Crippen LogP) is 3.96. The molecule has 0 amide bonds. The van der Waals surface area contributed by atoms with Crippen molar-refractivity contribution in [1.82, 2.24) is 0 Å². The number of ether oxygens (including phenoxy) is 3. The van der Waals surface area contributed by atoms with E-state index in [2.05, 4.69) is 39.8 Å².